The first kappa shape index (κ1) is 24.5. The van der Waals surface area contributed by atoms with Gasteiger partial charge in [-0.25, -0.2) is 23.2 Å². The van der Waals surface area contributed by atoms with E-state index in [1.54, 1.807) is 6.20 Å². The third-order valence-electron chi connectivity index (χ3n) is 6.08. The number of hydrogen-bond donors (Lipinski definition) is 1. The molecule has 0 unspecified atom stereocenters. The third-order valence-corrected chi connectivity index (χ3v) is 9.57. The molecule has 0 saturated heterocycles. The highest BCUT2D eigenvalue weighted by Crippen LogP contribution is 2.36. The molecule has 1 aliphatic rings. The Morgan fingerprint density at radius 1 is 1.11 bits per heavy atom. The molecule has 3 aromatic heterocycles. The van der Waals surface area contributed by atoms with Crippen LogP contribution in [0.15, 0.2) is 38.9 Å². The molecule has 1 N–H and O–H groups in total. The highest BCUT2D eigenvalue weighted by atomic mass is 32.2. The molecule has 1 aliphatic carbocycles. The maximum atomic E-state index is 13.6. The number of sulfonamides is 1. The molecule has 0 aliphatic heterocycles. The number of nitriles is 1. The van der Waals surface area contributed by atoms with Crippen molar-refractivity contribution in [3.05, 3.63) is 70.7 Å². The Balaban J connectivity index is 1.70. The second-order valence-electron chi connectivity index (χ2n) is 8.83. The summed E-state index contributed by atoms with van der Waals surface area (Å²) in [6.45, 7) is 5.79. The van der Waals surface area contributed by atoms with Crippen molar-refractivity contribution in [2.24, 2.45) is 0 Å². The second-order valence-corrected chi connectivity index (χ2v) is 13.1. The van der Waals surface area contributed by atoms with Crippen molar-refractivity contribution in [1.82, 2.24) is 23.8 Å². The van der Waals surface area contributed by atoms with Gasteiger partial charge in [-0.05, 0) is 51.8 Å². The highest BCUT2D eigenvalue weighted by molar-refractivity contribution is 7.89. The molecule has 5 rings (SSSR count). The molecular weight excluding hydrogens is 520 g/mol. The van der Waals surface area contributed by atoms with Crippen LogP contribution in [0.2, 0.25) is 0 Å². The molecule has 0 radical (unpaired) electrons. The highest BCUT2D eigenvalue weighted by Gasteiger charge is 2.46. The minimum Gasteiger partial charge on any atom is -0.288 e. The summed E-state index contributed by atoms with van der Waals surface area (Å²) in [6.07, 6.45) is 2.49. The quantitative estimate of drug-likeness (QED) is 0.378. The molecule has 1 fully saturated rings. The summed E-state index contributed by atoms with van der Waals surface area (Å²) < 4.78 is 31.1. The lowest BCUT2D eigenvalue weighted by atomic mass is 10.2. The Morgan fingerprint density at radius 3 is 2.44 bits per heavy atom. The van der Waals surface area contributed by atoms with Crippen LogP contribution in [0.5, 0.6) is 0 Å². The monoisotopic (exact) mass is 542 g/mol. The summed E-state index contributed by atoms with van der Waals surface area (Å²) in [4.78, 5) is 37.2. The Kier molecular flexibility index (Phi) is 5.95. The maximum absolute atomic E-state index is 13.6. The van der Waals surface area contributed by atoms with Crippen LogP contribution in [-0.4, -0.2) is 33.1 Å². The van der Waals surface area contributed by atoms with E-state index in [-0.39, 0.29) is 23.4 Å². The van der Waals surface area contributed by atoms with Crippen molar-refractivity contribution in [3.8, 4) is 6.07 Å². The number of aromatic nitrogens is 4. The minimum absolute atomic E-state index is 0.0204. The van der Waals surface area contributed by atoms with E-state index in [9.17, 15) is 23.3 Å². The summed E-state index contributed by atoms with van der Waals surface area (Å²) >= 11 is 2.85. The molecule has 4 aromatic rings. The predicted octanol–water partition coefficient (Wildman–Crippen LogP) is 2.43. The zero-order valence-corrected chi connectivity index (χ0v) is 22.2. The van der Waals surface area contributed by atoms with Crippen molar-refractivity contribution in [3.63, 3.8) is 0 Å². The zero-order valence-electron chi connectivity index (χ0n) is 19.7. The number of rotatable bonds is 7. The fourth-order valence-electron chi connectivity index (χ4n) is 4.04. The van der Waals surface area contributed by atoms with Gasteiger partial charge in [0.2, 0.25) is 10.0 Å². The summed E-state index contributed by atoms with van der Waals surface area (Å²) in [5, 5.41) is 11.1. The third kappa shape index (κ3) is 4.41. The van der Waals surface area contributed by atoms with Crippen LogP contribution in [0.3, 0.4) is 0 Å². The molecule has 0 spiro atoms. The van der Waals surface area contributed by atoms with Crippen LogP contribution < -0.4 is 16.0 Å². The van der Waals surface area contributed by atoms with Gasteiger partial charge in [0.15, 0.2) is 0 Å². The van der Waals surface area contributed by atoms with Crippen LogP contribution in [0, 0.1) is 32.1 Å². The van der Waals surface area contributed by atoms with Crippen LogP contribution in [0.4, 0.5) is 0 Å². The van der Waals surface area contributed by atoms with E-state index < -0.39 is 26.8 Å². The van der Waals surface area contributed by atoms with Crippen LogP contribution in [0.25, 0.3) is 10.9 Å². The number of fused-ring (bicyclic) bond motifs is 1. The van der Waals surface area contributed by atoms with Gasteiger partial charge in [0.05, 0.1) is 50.7 Å². The lowest BCUT2D eigenvalue weighted by Crippen LogP contribution is -2.40. The number of aryl methyl sites for hydroxylation is 3. The van der Waals surface area contributed by atoms with Crippen molar-refractivity contribution in [2.45, 2.75) is 57.1 Å². The Hall–Kier alpha value is -3.18. The number of benzene rings is 1. The van der Waals surface area contributed by atoms with Gasteiger partial charge in [-0.2, -0.15) is 9.98 Å². The van der Waals surface area contributed by atoms with Gasteiger partial charge >= 0.3 is 5.69 Å². The normalized spacial score (nSPS) is 14.7. The molecule has 10 nitrogen and oxygen atoms in total. The van der Waals surface area contributed by atoms with Gasteiger partial charge < -0.3 is 0 Å². The van der Waals surface area contributed by atoms with Crippen LogP contribution >= 0.6 is 22.7 Å². The number of nitrogens with one attached hydrogen (secondary N) is 1. The Bertz CT molecular complexity index is 1780. The first-order chi connectivity index (χ1) is 17.0. The number of nitrogens with zero attached hydrogens (tertiary/aromatic N) is 5. The molecule has 0 atom stereocenters. The molecule has 36 heavy (non-hydrogen) atoms. The molecule has 1 saturated carbocycles. The summed E-state index contributed by atoms with van der Waals surface area (Å²) in [5.74, 6) is 0. The summed E-state index contributed by atoms with van der Waals surface area (Å²) in [5.41, 5.74) is -1.07. The average Bonchev–Trinajstić information content (AvgIpc) is 3.35. The van der Waals surface area contributed by atoms with E-state index in [0.717, 1.165) is 30.0 Å². The standard InChI is InChI=1S/C23H22N6O4S3/c1-13-20(35-15(3)26-13)11-28-19-5-4-17(36(32,33)27-23(12-24)6-7-23)8-18(19)21(30)29(22(28)31)10-16-9-25-14(2)34-16/h4-5,8-9,27H,6-7,10-11H2,1-3H3. The van der Waals surface area contributed by atoms with Crippen molar-refractivity contribution < 1.29 is 8.42 Å². The Labute approximate surface area is 214 Å². The number of thiazole rings is 2. The lowest BCUT2D eigenvalue weighted by Gasteiger charge is -2.15. The smallest absolute Gasteiger partial charge is 0.288 e. The Morgan fingerprint density at radius 2 is 1.86 bits per heavy atom. The average molecular weight is 543 g/mol. The van der Waals surface area contributed by atoms with Crippen molar-refractivity contribution in [1.29, 1.82) is 5.26 Å². The first-order valence-corrected chi connectivity index (χ1v) is 14.2. The van der Waals surface area contributed by atoms with E-state index in [2.05, 4.69) is 14.7 Å². The molecular formula is C23H22N6O4S3. The zero-order chi connectivity index (χ0) is 25.8. The molecule has 186 valence electrons. The van der Waals surface area contributed by atoms with Gasteiger partial charge in [-0.15, -0.1) is 22.7 Å². The van der Waals surface area contributed by atoms with Crippen molar-refractivity contribution >= 4 is 43.6 Å². The van der Waals surface area contributed by atoms with E-state index in [1.807, 2.05) is 26.8 Å². The summed E-state index contributed by atoms with van der Waals surface area (Å²) in [7, 11) is -4.05. The lowest BCUT2D eigenvalue weighted by molar-refractivity contribution is 0.571. The van der Waals surface area contributed by atoms with Gasteiger partial charge in [0.1, 0.15) is 5.54 Å². The SMILES string of the molecule is Cc1ncc(Cn2c(=O)c3cc(S(=O)(=O)NC4(C#N)CC4)ccc3n(Cc3sc(C)nc3C)c2=O)s1. The molecule has 3 heterocycles. The van der Waals surface area contributed by atoms with E-state index in [0.29, 0.717) is 18.4 Å². The predicted molar refractivity (Wildman–Crippen MR) is 137 cm³/mol. The van der Waals surface area contributed by atoms with Gasteiger partial charge in [0.25, 0.3) is 5.56 Å². The number of hydrogen-bond acceptors (Lipinski definition) is 9. The molecule has 0 amide bonds. The van der Waals surface area contributed by atoms with Crippen molar-refractivity contribution in [2.75, 3.05) is 0 Å². The van der Waals surface area contributed by atoms with Gasteiger partial charge in [0, 0.05) is 16.0 Å². The molecule has 13 heteroatoms. The van der Waals surface area contributed by atoms with E-state index in [1.165, 1.54) is 45.4 Å². The maximum Gasteiger partial charge on any atom is 0.332 e. The van der Waals surface area contributed by atoms with Crippen LogP contribution in [0.1, 0.15) is 38.3 Å². The van der Waals surface area contributed by atoms with Gasteiger partial charge in [-0.3, -0.25) is 13.9 Å². The van der Waals surface area contributed by atoms with E-state index >= 15 is 0 Å². The molecule has 1 aromatic carbocycles. The van der Waals surface area contributed by atoms with Crippen LogP contribution in [-0.2, 0) is 23.1 Å². The van der Waals surface area contributed by atoms with E-state index in [4.69, 9.17) is 0 Å². The fraction of sp³-hybridized carbons (Fsp3) is 0.348. The first-order valence-electron chi connectivity index (χ1n) is 11.1. The largest absolute Gasteiger partial charge is 0.332 e. The van der Waals surface area contributed by atoms with Gasteiger partial charge in [-0.1, -0.05) is 0 Å². The minimum atomic E-state index is -4.05. The summed E-state index contributed by atoms with van der Waals surface area (Å²) in [6, 6.07) is 6.12. The molecule has 0 bridgehead atoms. The topological polar surface area (TPSA) is 140 Å². The second kappa shape index (κ2) is 8.74. The fourth-order valence-corrected chi connectivity index (χ4v) is 7.15.